The lowest BCUT2D eigenvalue weighted by Gasteiger charge is -2.32. The number of esters is 1. The highest BCUT2D eigenvalue weighted by atomic mass is 32.1. The first-order valence-corrected chi connectivity index (χ1v) is 11.7. The van der Waals surface area contributed by atoms with Crippen LogP contribution in [0, 0.1) is 11.8 Å². The molecule has 0 saturated carbocycles. The van der Waals surface area contributed by atoms with E-state index < -0.39 is 35.3 Å². The van der Waals surface area contributed by atoms with E-state index in [1.807, 2.05) is 24.4 Å². The molecule has 0 spiro atoms. The van der Waals surface area contributed by atoms with Crippen LogP contribution in [0.3, 0.4) is 0 Å². The summed E-state index contributed by atoms with van der Waals surface area (Å²) in [6.07, 6.45) is 1.00. The van der Waals surface area contributed by atoms with Gasteiger partial charge in [-0.1, -0.05) is 31.5 Å². The van der Waals surface area contributed by atoms with E-state index in [1.165, 1.54) is 18.3 Å². The summed E-state index contributed by atoms with van der Waals surface area (Å²) in [6, 6.07) is 9.81. The SMILES string of the molecule is CCC[C@]1(C(=O)OCC)N[C@H](c2cccs2)[C@@H]2C(=O)N(c3cccc(C(C)=O)c3)C(=O)[C@H]21. The van der Waals surface area contributed by atoms with Crippen LogP contribution in [-0.2, 0) is 19.1 Å². The molecule has 1 aromatic carbocycles. The minimum atomic E-state index is -1.29. The second kappa shape index (κ2) is 8.60. The number of rotatable bonds is 7. The second-order valence-corrected chi connectivity index (χ2v) is 9.18. The molecular weight excluding hydrogens is 428 g/mol. The molecule has 7 nitrogen and oxygen atoms in total. The van der Waals surface area contributed by atoms with Crippen LogP contribution in [0.1, 0.15) is 54.9 Å². The molecule has 3 heterocycles. The molecule has 2 aliphatic heterocycles. The zero-order chi connectivity index (χ0) is 23.0. The number of carbonyl (C=O) groups excluding carboxylic acids is 4. The van der Waals surface area contributed by atoms with Gasteiger partial charge in [0.15, 0.2) is 5.78 Å². The Hall–Kier alpha value is -2.84. The molecular formula is C24H26N2O5S. The van der Waals surface area contributed by atoms with Crippen LogP contribution >= 0.6 is 11.3 Å². The fourth-order valence-electron chi connectivity index (χ4n) is 5.01. The number of hydrogen-bond acceptors (Lipinski definition) is 7. The van der Waals surface area contributed by atoms with Crippen LogP contribution < -0.4 is 10.2 Å². The van der Waals surface area contributed by atoms with Gasteiger partial charge in [-0.3, -0.25) is 24.5 Å². The first-order valence-electron chi connectivity index (χ1n) is 10.8. The first-order chi connectivity index (χ1) is 15.4. The number of fused-ring (bicyclic) bond motifs is 1. The number of hydrogen-bond donors (Lipinski definition) is 1. The average molecular weight is 455 g/mol. The van der Waals surface area contributed by atoms with Crippen molar-refractivity contribution in [3.05, 3.63) is 52.2 Å². The van der Waals surface area contributed by atoms with Crippen molar-refractivity contribution in [2.75, 3.05) is 11.5 Å². The molecule has 4 atom stereocenters. The number of ketones is 1. The second-order valence-electron chi connectivity index (χ2n) is 8.20. The summed E-state index contributed by atoms with van der Waals surface area (Å²) in [4.78, 5) is 54.6. The number of Topliss-reactive ketones (excluding diaryl/α,β-unsaturated/α-hetero) is 1. The van der Waals surface area contributed by atoms with E-state index in [2.05, 4.69) is 5.32 Å². The molecule has 2 aliphatic rings. The fourth-order valence-corrected chi connectivity index (χ4v) is 5.83. The Kier molecular flexibility index (Phi) is 6.01. The monoisotopic (exact) mass is 454 g/mol. The van der Waals surface area contributed by atoms with Crippen LogP contribution in [0.2, 0.25) is 0 Å². The lowest BCUT2D eigenvalue weighted by atomic mass is 9.77. The third-order valence-corrected chi connectivity index (χ3v) is 7.25. The number of nitrogens with one attached hydrogen (secondary N) is 1. The quantitative estimate of drug-likeness (QED) is 0.391. The molecule has 168 valence electrons. The molecule has 2 amide bonds. The van der Waals surface area contributed by atoms with Crippen LogP contribution in [-0.4, -0.2) is 35.7 Å². The van der Waals surface area contributed by atoms with Crippen molar-refractivity contribution in [1.82, 2.24) is 5.32 Å². The van der Waals surface area contributed by atoms with Gasteiger partial charge in [0.05, 0.1) is 30.2 Å². The molecule has 1 N–H and O–H groups in total. The summed E-state index contributed by atoms with van der Waals surface area (Å²) in [7, 11) is 0. The highest BCUT2D eigenvalue weighted by Gasteiger charge is 2.68. The number of nitrogens with zero attached hydrogens (tertiary/aromatic N) is 1. The van der Waals surface area contributed by atoms with Crippen molar-refractivity contribution in [3.63, 3.8) is 0 Å². The Balaban J connectivity index is 1.84. The predicted molar refractivity (Wildman–Crippen MR) is 120 cm³/mol. The molecule has 0 aliphatic carbocycles. The van der Waals surface area contributed by atoms with Crippen molar-refractivity contribution < 1.29 is 23.9 Å². The van der Waals surface area contributed by atoms with Crippen molar-refractivity contribution in [2.45, 2.75) is 45.2 Å². The van der Waals surface area contributed by atoms with Gasteiger partial charge in [-0.15, -0.1) is 11.3 Å². The summed E-state index contributed by atoms with van der Waals surface area (Å²) in [5.74, 6) is -3.09. The van der Waals surface area contributed by atoms with E-state index in [4.69, 9.17) is 4.74 Å². The fraction of sp³-hybridized carbons (Fsp3) is 0.417. The lowest BCUT2D eigenvalue weighted by molar-refractivity contribution is -0.155. The topological polar surface area (TPSA) is 92.8 Å². The van der Waals surface area contributed by atoms with Crippen LogP contribution in [0.15, 0.2) is 41.8 Å². The smallest absolute Gasteiger partial charge is 0.327 e. The standard InChI is InChI=1S/C24H26N2O5S/c1-4-11-24(23(30)31-5-2)19-18(20(25-24)17-10-7-12-32-17)21(28)26(22(19)29)16-9-6-8-15(13-16)14(3)27/h6-10,12-13,18-20,25H,4-5,11H2,1-3H3/t18-,19+,20-,24+/m1/s1. The minimum Gasteiger partial charge on any atom is -0.465 e. The maximum Gasteiger partial charge on any atom is 0.327 e. The molecule has 0 unspecified atom stereocenters. The van der Waals surface area contributed by atoms with Gasteiger partial charge < -0.3 is 4.74 Å². The number of anilines is 1. The number of imide groups is 1. The van der Waals surface area contributed by atoms with Crippen LogP contribution in [0.25, 0.3) is 0 Å². The molecule has 0 bridgehead atoms. The number of ether oxygens (including phenoxy) is 1. The highest BCUT2D eigenvalue weighted by molar-refractivity contribution is 7.10. The number of amides is 2. The van der Waals surface area contributed by atoms with E-state index in [0.29, 0.717) is 24.1 Å². The molecule has 2 saturated heterocycles. The zero-order valence-corrected chi connectivity index (χ0v) is 19.1. The average Bonchev–Trinajstić information content (AvgIpc) is 3.46. The third-order valence-electron chi connectivity index (χ3n) is 6.30. The van der Waals surface area contributed by atoms with E-state index in [1.54, 1.807) is 31.2 Å². The summed E-state index contributed by atoms with van der Waals surface area (Å²) >= 11 is 1.48. The van der Waals surface area contributed by atoms with Gasteiger partial charge in [-0.2, -0.15) is 0 Å². The summed E-state index contributed by atoms with van der Waals surface area (Å²) in [5.41, 5.74) is -0.524. The summed E-state index contributed by atoms with van der Waals surface area (Å²) in [5, 5.41) is 5.28. The van der Waals surface area contributed by atoms with E-state index in [-0.39, 0.29) is 18.3 Å². The van der Waals surface area contributed by atoms with Gasteiger partial charge in [0.25, 0.3) is 0 Å². The van der Waals surface area contributed by atoms with Crippen LogP contribution in [0.4, 0.5) is 5.69 Å². The predicted octanol–water partition coefficient (Wildman–Crippen LogP) is 3.50. The Bertz CT molecular complexity index is 1070. The molecule has 0 radical (unpaired) electrons. The van der Waals surface area contributed by atoms with Crippen molar-refractivity contribution in [1.29, 1.82) is 0 Å². The van der Waals surface area contributed by atoms with Gasteiger partial charge >= 0.3 is 5.97 Å². The minimum absolute atomic E-state index is 0.156. The molecule has 2 aromatic rings. The van der Waals surface area contributed by atoms with Gasteiger partial charge in [-0.05, 0) is 43.8 Å². The molecule has 2 fully saturated rings. The number of carbonyl (C=O) groups is 4. The Morgan fingerprint density at radius 1 is 1.16 bits per heavy atom. The molecule has 1 aromatic heterocycles. The van der Waals surface area contributed by atoms with Crippen molar-refractivity contribution in [3.8, 4) is 0 Å². The summed E-state index contributed by atoms with van der Waals surface area (Å²) < 4.78 is 5.41. The van der Waals surface area contributed by atoms with E-state index in [9.17, 15) is 19.2 Å². The number of benzene rings is 1. The third kappa shape index (κ3) is 3.38. The number of thiophene rings is 1. The Morgan fingerprint density at radius 3 is 2.56 bits per heavy atom. The zero-order valence-electron chi connectivity index (χ0n) is 18.3. The van der Waals surface area contributed by atoms with Crippen molar-refractivity contribution in [2.24, 2.45) is 11.8 Å². The largest absolute Gasteiger partial charge is 0.465 e. The van der Waals surface area contributed by atoms with Gasteiger partial charge in [0, 0.05) is 10.4 Å². The van der Waals surface area contributed by atoms with Gasteiger partial charge in [0.1, 0.15) is 5.54 Å². The lowest BCUT2D eigenvalue weighted by Crippen LogP contribution is -2.56. The van der Waals surface area contributed by atoms with Gasteiger partial charge in [-0.25, -0.2) is 4.90 Å². The molecule has 8 heteroatoms. The molecule has 32 heavy (non-hydrogen) atoms. The Labute approximate surface area is 190 Å². The van der Waals surface area contributed by atoms with Crippen molar-refractivity contribution >= 4 is 40.6 Å². The first kappa shape index (κ1) is 22.4. The maximum absolute atomic E-state index is 13.8. The maximum atomic E-state index is 13.8. The summed E-state index contributed by atoms with van der Waals surface area (Å²) in [6.45, 7) is 5.28. The molecule has 4 rings (SSSR count). The van der Waals surface area contributed by atoms with E-state index >= 15 is 0 Å². The Morgan fingerprint density at radius 2 is 1.94 bits per heavy atom. The highest BCUT2D eigenvalue weighted by Crippen LogP contribution is 2.52. The van der Waals surface area contributed by atoms with Crippen LogP contribution in [0.5, 0.6) is 0 Å². The normalized spacial score (nSPS) is 27.0. The van der Waals surface area contributed by atoms with Gasteiger partial charge in [0.2, 0.25) is 11.8 Å². The van der Waals surface area contributed by atoms with E-state index in [0.717, 1.165) is 9.78 Å².